The van der Waals surface area contributed by atoms with Gasteiger partial charge in [0.05, 0.1) is 24.2 Å². The summed E-state index contributed by atoms with van der Waals surface area (Å²) in [5.41, 5.74) is -0.378. The summed E-state index contributed by atoms with van der Waals surface area (Å²) in [5, 5.41) is 89.6. The molecule has 10 atom stereocenters. The van der Waals surface area contributed by atoms with E-state index in [1.807, 2.05) is 0 Å². The van der Waals surface area contributed by atoms with Crippen LogP contribution in [-0.4, -0.2) is 121 Å². The van der Waals surface area contributed by atoms with Gasteiger partial charge in [-0.05, 0) is 24.3 Å². The van der Waals surface area contributed by atoms with Gasteiger partial charge in [0.2, 0.25) is 18.0 Å². The lowest BCUT2D eigenvalue weighted by molar-refractivity contribution is -0.277. The van der Waals surface area contributed by atoms with Crippen LogP contribution >= 0.6 is 0 Å². The lowest BCUT2D eigenvalue weighted by atomic mass is 9.99. The van der Waals surface area contributed by atoms with Gasteiger partial charge in [0.25, 0.3) is 0 Å². The van der Waals surface area contributed by atoms with E-state index in [1.54, 1.807) is 0 Å². The SMILES string of the molecule is O=c1c(-c2ccc(O[C@@H]3O[C@H](CO)[C@@H](O)[C@H](O)[C@H]3O)cc2O)coc2cc(O[C@@H]3O[C@H](CO)[C@@H](O)[C@H](O)[C@H]3O)ccc12. The molecule has 2 saturated heterocycles. The quantitative estimate of drug-likeness (QED) is 0.137. The summed E-state index contributed by atoms with van der Waals surface area (Å²) < 4.78 is 27.3. The first-order valence-corrected chi connectivity index (χ1v) is 12.9. The Kier molecular flexibility index (Phi) is 8.68. The number of hydrogen-bond donors (Lipinski definition) is 9. The standard InChI is InChI=1S/C27H30O15/c28-7-17-20(32)22(34)24(36)26(41-17)39-10-1-3-12(15(30)5-10)14-9-38-16-6-11(2-4-13(16)19(14)31)40-27-25(37)23(35)21(33)18(8-29)42-27/h1-6,9,17-18,20-30,32-37H,7-8H2/t17-,18-,20-,21-,22+,23+,24-,25-,26-,27-/m1/s1. The summed E-state index contributed by atoms with van der Waals surface area (Å²) in [6.45, 7) is -1.28. The van der Waals surface area contributed by atoms with Crippen molar-refractivity contribution in [2.24, 2.45) is 0 Å². The highest BCUT2D eigenvalue weighted by atomic mass is 16.7. The molecule has 0 radical (unpaired) electrons. The van der Waals surface area contributed by atoms with E-state index in [4.69, 9.17) is 23.4 Å². The van der Waals surface area contributed by atoms with Gasteiger partial charge < -0.3 is 69.3 Å². The summed E-state index contributed by atoms with van der Waals surface area (Å²) >= 11 is 0. The van der Waals surface area contributed by atoms with E-state index >= 15 is 0 Å². The van der Waals surface area contributed by atoms with Crippen molar-refractivity contribution >= 4 is 11.0 Å². The second-order valence-electron chi connectivity index (χ2n) is 9.95. The van der Waals surface area contributed by atoms with Crippen molar-refractivity contribution in [3.8, 4) is 28.4 Å². The average molecular weight is 595 g/mol. The molecule has 2 aliphatic heterocycles. The number of ether oxygens (including phenoxy) is 4. The van der Waals surface area contributed by atoms with Gasteiger partial charge in [-0.3, -0.25) is 4.79 Å². The predicted molar refractivity (Wildman–Crippen MR) is 138 cm³/mol. The molecule has 5 rings (SSSR count). The highest BCUT2D eigenvalue weighted by Gasteiger charge is 2.45. The van der Waals surface area contributed by atoms with Crippen molar-refractivity contribution in [3.63, 3.8) is 0 Å². The van der Waals surface area contributed by atoms with E-state index in [-0.39, 0.29) is 33.6 Å². The van der Waals surface area contributed by atoms with Crippen LogP contribution in [0.2, 0.25) is 0 Å². The van der Waals surface area contributed by atoms with Crippen LogP contribution in [0.15, 0.2) is 51.9 Å². The van der Waals surface area contributed by atoms with Crippen LogP contribution in [0.3, 0.4) is 0 Å². The third-order valence-corrected chi connectivity index (χ3v) is 7.21. The van der Waals surface area contributed by atoms with Gasteiger partial charge in [-0.25, -0.2) is 0 Å². The summed E-state index contributed by atoms with van der Waals surface area (Å²) in [7, 11) is 0. The average Bonchev–Trinajstić information content (AvgIpc) is 2.98. The van der Waals surface area contributed by atoms with E-state index in [9.17, 15) is 50.8 Å². The second kappa shape index (κ2) is 12.1. The minimum Gasteiger partial charge on any atom is -0.507 e. The Hall–Kier alpha value is -3.35. The number of hydrogen-bond acceptors (Lipinski definition) is 15. The number of benzene rings is 2. The minimum atomic E-state index is -1.66. The van der Waals surface area contributed by atoms with Crippen LogP contribution in [0.4, 0.5) is 0 Å². The molecular formula is C27H30O15. The molecule has 1 aromatic heterocycles. The van der Waals surface area contributed by atoms with E-state index in [0.717, 1.165) is 12.3 Å². The zero-order valence-electron chi connectivity index (χ0n) is 21.7. The third-order valence-electron chi connectivity index (χ3n) is 7.21. The molecule has 42 heavy (non-hydrogen) atoms. The maximum atomic E-state index is 13.3. The normalized spacial score (nSPS) is 33.4. The van der Waals surface area contributed by atoms with Crippen molar-refractivity contribution in [1.29, 1.82) is 0 Å². The molecule has 2 fully saturated rings. The van der Waals surface area contributed by atoms with Gasteiger partial charge in [0.1, 0.15) is 77.9 Å². The monoisotopic (exact) mass is 594 g/mol. The fraction of sp³-hybridized carbons (Fsp3) is 0.444. The Morgan fingerprint density at radius 1 is 0.667 bits per heavy atom. The first kappa shape index (κ1) is 30.1. The van der Waals surface area contributed by atoms with Crippen LogP contribution in [0.25, 0.3) is 22.1 Å². The summed E-state index contributed by atoms with van der Waals surface area (Å²) in [6.07, 6.45) is -13.9. The largest absolute Gasteiger partial charge is 0.507 e. The predicted octanol–water partition coefficient (Wildman–Crippen LogP) is -2.48. The zero-order valence-corrected chi connectivity index (χ0v) is 21.7. The minimum absolute atomic E-state index is 0.0120. The van der Waals surface area contributed by atoms with Crippen LogP contribution in [-0.2, 0) is 9.47 Å². The molecule has 228 valence electrons. The third kappa shape index (κ3) is 5.55. The molecule has 0 spiro atoms. The van der Waals surface area contributed by atoms with Crippen molar-refractivity contribution in [1.82, 2.24) is 0 Å². The van der Waals surface area contributed by atoms with Crippen molar-refractivity contribution < 1.29 is 69.3 Å². The molecule has 15 heteroatoms. The number of aliphatic hydroxyl groups is 8. The first-order valence-electron chi connectivity index (χ1n) is 12.9. The Labute approximate surface area is 236 Å². The maximum absolute atomic E-state index is 13.3. The van der Waals surface area contributed by atoms with Crippen molar-refractivity contribution in [2.45, 2.75) is 61.4 Å². The first-order chi connectivity index (χ1) is 20.0. The highest BCUT2D eigenvalue weighted by molar-refractivity contribution is 5.84. The Balaban J connectivity index is 1.35. The topological polar surface area (TPSA) is 249 Å². The number of aromatic hydroxyl groups is 1. The van der Waals surface area contributed by atoms with E-state index in [0.29, 0.717) is 0 Å². The molecule has 0 saturated carbocycles. The van der Waals surface area contributed by atoms with E-state index < -0.39 is 85.8 Å². The Bertz CT molecular complexity index is 1460. The lowest BCUT2D eigenvalue weighted by Crippen LogP contribution is -2.60. The van der Waals surface area contributed by atoms with Crippen molar-refractivity contribution in [2.75, 3.05) is 13.2 Å². The molecule has 0 amide bonds. The highest BCUT2D eigenvalue weighted by Crippen LogP contribution is 2.34. The van der Waals surface area contributed by atoms with Gasteiger partial charge in [0.15, 0.2) is 0 Å². The summed E-state index contributed by atoms with van der Waals surface area (Å²) in [4.78, 5) is 13.3. The lowest BCUT2D eigenvalue weighted by Gasteiger charge is -2.39. The smallest absolute Gasteiger partial charge is 0.229 e. The molecule has 2 aliphatic rings. The fourth-order valence-corrected chi connectivity index (χ4v) is 4.78. The number of aliphatic hydroxyl groups excluding tert-OH is 8. The zero-order chi connectivity index (χ0) is 30.3. The van der Waals surface area contributed by atoms with Crippen molar-refractivity contribution in [3.05, 3.63) is 52.9 Å². The van der Waals surface area contributed by atoms with E-state index in [2.05, 4.69) is 0 Å². The van der Waals surface area contributed by atoms with Gasteiger partial charge in [0, 0.05) is 17.7 Å². The van der Waals surface area contributed by atoms with E-state index in [1.165, 1.54) is 30.3 Å². The Morgan fingerprint density at radius 3 is 1.71 bits per heavy atom. The molecule has 9 N–H and O–H groups in total. The molecule has 2 aromatic carbocycles. The molecule has 0 aliphatic carbocycles. The van der Waals surface area contributed by atoms with Gasteiger partial charge in [-0.2, -0.15) is 0 Å². The fourth-order valence-electron chi connectivity index (χ4n) is 4.78. The maximum Gasteiger partial charge on any atom is 0.229 e. The number of phenols is 1. The summed E-state index contributed by atoms with van der Waals surface area (Å²) in [6, 6.07) is 7.93. The molecule has 0 unspecified atom stereocenters. The van der Waals surface area contributed by atoms with Gasteiger partial charge in [-0.1, -0.05) is 0 Å². The summed E-state index contributed by atoms with van der Waals surface area (Å²) in [5.74, 6) is -0.327. The molecule has 3 aromatic rings. The number of phenolic OH excluding ortho intramolecular Hbond substituents is 1. The van der Waals surface area contributed by atoms with Crippen LogP contribution < -0.4 is 14.9 Å². The number of fused-ring (bicyclic) bond motifs is 1. The van der Waals surface area contributed by atoms with Crippen LogP contribution in [0.5, 0.6) is 17.2 Å². The molecule has 3 heterocycles. The Morgan fingerprint density at radius 2 is 1.19 bits per heavy atom. The van der Waals surface area contributed by atoms with Crippen LogP contribution in [0.1, 0.15) is 0 Å². The molecule has 15 nitrogen and oxygen atoms in total. The molecular weight excluding hydrogens is 564 g/mol. The number of rotatable bonds is 7. The van der Waals surface area contributed by atoms with Gasteiger partial charge in [-0.15, -0.1) is 0 Å². The molecule has 0 bridgehead atoms. The van der Waals surface area contributed by atoms with Crippen LogP contribution in [0, 0.1) is 0 Å². The van der Waals surface area contributed by atoms with Gasteiger partial charge >= 0.3 is 0 Å². The second-order valence-corrected chi connectivity index (χ2v) is 9.95.